The van der Waals surface area contributed by atoms with E-state index in [1.165, 1.54) is 0 Å². The average Bonchev–Trinajstić information content (AvgIpc) is 2.14. The van der Waals surface area contributed by atoms with Gasteiger partial charge < -0.3 is 9.84 Å². The highest BCUT2D eigenvalue weighted by Gasteiger charge is 2.16. The van der Waals surface area contributed by atoms with Crippen molar-refractivity contribution in [3.05, 3.63) is 28.2 Å². The van der Waals surface area contributed by atoms with Gasteiger partial charge in [0, 0.05) is 4.47 Å². The van der Waals surface area contributed by atoms with Crippen LogP contribution in [0, 0.1) is 5.41 Å². The minimum atomic E-state index is -0.983. The number of aromatic carboxylic acids is 1. The van der Waals surface area contributed by atoms with Crippen LogP contribution >= 0.6 is 15.9 Å². The largest absolute Gasteiger partial charge is 0.493 e. The Bertz CT molecular complexity index is 408. The number of carboxylic acids is 1. The van der Waals surface area contributed by atoms with Gasteiger partial charge in [-0.15, -0.1) is 0 Å². The van der Waals surface area contributed by atoms with Crippen molar-refractivity contribution in [2.75, 3.05) is 6.61 Å². The Morgan fingerprint density at radius 3 is 2.59 bits per heavy atom. The summed E-state index contributed by atoms with van der Waals surface area (Å²) in [5, 5.41) is 9.10. The van der Waals surface area contributed by atoms with Gasteiger partial charge in [0.15, 0.2) is 0 Å². The van der Waals surface area contributed by atoms with E-state index < -0.39 is 5.97 Å². The molecule has 0 aliphatic heterocycles. The van der Waals surface area contributed by atoms with Crippen LogP contribution in [0.1, 0.15) is 37.6 Å². The summed E-state index contributed by atoms with van der Waals surface area (Å²) in [5.41, 5.74) is 0.358. The lowest BCUT2D eigenvalue weighted by molar-refractivity contribution is 0.0690. The van der Waals surface area contributed by atoms with Gasteiger partial charge in [0.05, 0.1) is 6.61 Å². The zero-order valence-corrected chi connectivity index (χ0v) is 11.9. The lowest BCUT2D eigenvalue weighted by atomic mass is 9.93. The van der Waals surface area contributed by atoms with Crippen molar-refractivity contribution in [2.45, 2.75) is 27.2 Å². The van der Waals surface area contributed by atoms with E-state index in [1.54, 1.807) is 18.2 Å². The molecule has 0 saturated heterocycles. The van der Waals surface area contributed by atoms with E-state index in [4.69, 9.17) is 9.84 Å². The molecule has 1 aromatic carbocycles. The summed E-state index contributed by atoms with van der Waals surface area (Å²) in [4.78, 5) is 11.1. The van der Waals surface area contributed by atoms with Crippen LogP contribution in [0.2, 0.25) is 0 Å². The van der Waals surface area contributed by atoms with Crippen LogP contribution in [-0.2, 0) is 0 Å². The Hall–Kier alpha value is -1.03. The lowest BCUT2D eigenvalue weighted by Gasteiger charge is -2.18. The number of rotatable bonds is 4. The molecule has 0 fully saturated rings. The molecule has 0 radical (unpaired) electrons. The molecular formula is C13H17BrO3. The van der Waals surface area contributed by atoms with Gasteiger partial charge in [0.2, 0.25) is 0 Å². The first-order valence-electron chi connectivity index (χ1n) is 5.46. The van der Waals surface area contributed by atoms with Crippen molar-refractivity contribution in [1.29, 1.82) is 0 Å². The molecule has 94 valence electrons. The molecule has 0 atom stereocenters. The highest BCUT2D eigenvalue weighted by molar-refractivity contribution is 9.10. The molecule has 1 aromatic rings. The fourth-order valence-corrected chi connectivity index (χ4v) is 1.82. The molecule has 0 saturated carbocycles. The highest BCUT2D eigenvalue weighted by Crippen LogP contribution is 2.27. The van der Waals surface area contributed by atoms with E-state index in [0.29, 0.717) is 16.8 Å². The maximum atomic E-state index is 11.1. The fourth-order valence-electron chi connectivity index (χ4n) is 1.30. The van der Waals surface area contributed by atoms with Crippen LogP contribution in [0.5, 0.6) is 5.75 Å². The van der Waals surface area contributed by atoms with E-state index in [9.17, 15) is 4.79 Å². The third kappa shape index (κ3) is 4.38. The van der Waals surface area contributed by atoms with Gasteiger partial charge in [-0.1, -0.05) is 26.8 Å². The smallest absolute Gasteiger partial charge is 0.340 e. The molecule has 3 nitrogen and oxygen atoms in total. The summed E-state index contributed by atoms with van der Waals surface area (Å²) in [6.45, 7) is 6.88. The molecule has 1 rings (SSSR count). The summed E-state index contributed by atoms with van der Waals surface area (Å²) < 4.78 is 6.08. The molecule has 0 aliphatic carbocycles. The Balaban J connectivity index is 2.78. The van der Waals surface area contributed by atoms with Crippen molar-refractivity contribution >= 4 is 21.9 Å². The van der Waals surface area contributed by atoms with Crippen LogP contribution in [-0.4, -0.2) is 17.7 Å². The maximum absolute atomic E-state index is 11.1. The minimum absolute atomic E-state index is 0.176. The van der Waals surface area contributed by atoms with Gasteiger partial charge in [-0.25, -0.2) is 4.79 Å². The summed E-state index contributed by atoms with van der Waals surface area (Å²) in [6, 6.07) is 5.14. The number of ether oxygens (including phenoxy) is 1. The second kappa shape index (κ2) is 5.54. The van der Waals surface area contributed by atoms with Crippen LogP contribution in [0.3, 0.4) is 0 Å². The molecule has 0 unspecified atom stereocenters. The normalized spacial score (nSPS) is 11.3. The number of carbonyl (C=O) groups is 1. The highest BCUT2D eigenvalue weighted by atomic mass is 79.9. The van der Waals surface area contributed by atoms with Gasteiger partial charge in [-0.05, 0) is 39.9 Å². The molecular weight excluding hydrogens is 284 g/mol. The predicted molar refractivity (Wildman–Crippen MR) is 70.7 cm³/mol. The lowest BCUT2D eigenvalue weighted by Crippen LogP contribution is -2.12. The molecule has 0 aliphatic rings. The Kier molecular flexibility index (Phi) is 4.57. The monoisotopic (exact) mass is 300 g/mol. The van der Waals surface area contributed by atoms with Gasteiger partial charge in [-0.2, -0.15) is 0 Å². The van der Waals surface area contributed by atoms with E-state index in [1.807, 2.05) is 0 Å². The second-order valence-corrected chi connectivity index (χ2v) is 5.93. The SMILES string of the molecule is CC(C)(C)CCOc1cccc(Br)c1C(=O)O. The zero-order valence-electron chi connectivity index (χ0n) is 10.3. The second-order valence-electron chi connectivity index (χ2n) is 5.08. The van der Waals surface area contributed by atoms with Crippen molar-refractivity contribution in [3.63, 3.8) is 0 Å². The third-order valence-electron chi connectivity index (χ3n) is 2.30. The number of hydrogen-bond acceptors (Lipinski definition) is 2. The number of carboxylic acid groups (broad SMARTS) is 1. The fraction of sp³-hybridized carbons (Fsp3) is 0.462. The van der Waals surface area contributed by atoms with E-state index in [2.05, 4.69) is 36.7 Å². The van der Waals surface area contributed by atoms with Crippen LogP contribution < -0.4 is 4.74 Å². The molecule has 0 spiro atoms. The Morgan fingerprint density at radius 2 is 2.06 bits per heavy atom. The molecule has 0 amide bonds. The first-order valence-corrected chi connectivity index (χ1v) is 6.25. The van der Waals surface area contributed by atoms with Crippen molar-refractivity contribution in [1.82, 2.24) is 0 Å². The Labute approximate surface area is 110 Å². The van der Waals surface area contributed by atoms with E-state index in [-0.39, 0.29) is 11.0 Å². The van der Waals surface area contributed by atoms with Gasteiger partial charge >= 0.3 is 5.97 Å². The molecule has 0 aromatic heterocycles. The zero-order chi connectivity index (χ0) is 13.1. The van der Waals surface area contributed by atoms with Crippen LogP contribution in [0.4, 0.5) is 0 Å². The van der Waals surface area contributed by atoms with Crippen molar-refractivity contribution < 1.29 is 14.6 Å². The van der Waals surface area contributed by atoms with Crippen molar-refractivity contribution in [3.8, 4) is 5.75 Å². The molecule has 17 heavy (non-hydrogen) atoms. The quantitative estimate of drug-likeness (QED) is 0.915. The summed E-state index contributed by atoms with van der Waals surface area (Å²) in [6.07, 6.45) is 0.874. The predicted octanol–water partition coefficient (Wildman–Crippen LogP) is 3.96. The van der Waals surface area contributed by atoms with Gasteiger partial charge in [0.1, 0.15) is 11.3 Å². The average molecular weight is 301 g/mol. The van der Waals surface area contributed by atoms with Crippen molar-refractivity contribution in [2.24, 2.45) is 5.41 Å². The molecule has 1 N–H and O–H groups in total. The number of hydrogen-bond donors (Lipinski definition) is 1. The maximum Gasteiger partial charge on any atom is 0.340 e. The minimum Gasteiger partial charge on any atom is -0.493 e. The van der Waals surface area contributed by atoms with Crippen LogP contribution in [0.25, 0.3) is 0 Å². The number of halogens is 1. The summed E-state index contributed by atoms with van der Waals surface area (Å²) in [7, 11) is 0. The Morgan fingerprint density at radius 1 is 1.41 bits per heavy atom. The van der Waals surface area contributed by atoms with Crippen LogP contribution in [0.15, 0.2) is 22.7 Å². The third-order valence-corrected chi connectivity index (χ3v) is 2.96. The molecule has 0 bridgehead atoms. The first kappa shape index (κ1) is 14.0. The number of benzene rings is 1. The topological polar surface area (TPSA) is 46.5 Å². The van der Waals surface area contributed by atoms with E-state index in [0.717, 1.165) is 6.42 Å². The summed E-state index contributed by atoms with van der Waals surface area (Å²) >= 11 is 3.22. The van der Waals surface area contributed by atoms with Gasteiger partial charge in [0.25, 0.3) is 0 Å². The van der Waals surface area contributed by atoms with Gasteiger partial charge in [-0.3, -0.25) is 0 Å². The summed E-state index contributed by atoms with van der Waals surface area (Å²) in [5.74, 6) is -0.570. The van der Waals surface area contributed by atoms with E-state index >= 15 is 0 Å². The standard InChI is InChI=1S/C13H17BrO3/c1-13(2,3)7-8-17-10-6-4-5-9(14)11(10)12(15)16/h4-6H,7-8H2,1-3H3,(H,15,16). The first-order chi connectivity index (χ1) is 7.81. The molecule has 4 heteroatoms. The molecule has 0 heterocycles.